The van der Waals surface area contributed by atoms with Gasteiger partial charge in [0, 0.05) is 6.61 Å². The zero-order valence-electron chi connectivity index (χ0n) is 12.4. The summed E-state index contributed by atoms with van der Waals surface area (Å²) in [7, 11) is 1.71. The highest BCUT2D eigenvalue weighted by atomic mass is 16.5. The van der Waals surface area contributed by atoms with Crippen molar-refractivity contribution in [3.63, 3.8) is 0 Å². The average molecular weight is 265 g/mol. The number of methoxy groups -OCH3 is 1. The Labute approximate surface area is 116 Å². The van der Waals surface area contributed by atoms with E-state index in [-0.39, 0.29) is 12.5 Å². The number of aliphatic hydroxyl groups is 1. The van der Waals surface area contributed by atoms with Crippen LogP contribution >= 0.6 is 0 Å². The van der Waals surface area contributed by atoms with E-state index in [0.717, 1.165) is 25.0 Å². The molecule has 1 aromatic rings. The molecule has 0 bridgehead atoms. The number of benzene rings is 1. The lowest BCUT2D eigenvalue weighted by Crippen LogP contribution is -2.21. The second-order valence-corrected chi connectivity index (χ2v) is 5.06. The summed E-state index contributed by atoms with van der Waals surface area (Å²) in [5, 5.41) is 9.33. The molecule has 3 nitrogen and oxygen atoms in total. The van der Waals surface area contributed by atoms with Crippen molar-refractivity contribution in [2.24, 2.45) is 11.7 Å². The van der Waals surface area contributed by atoms with Gasteiger partial charge in [0.15, 0.2) is 0 Å². The van der Waals surface area contributed by atoms with Crippen molar-refractivity contribution in [2.75, 3.05) is 20.3 Å². The van der Waals surface area contributed by atoms with E-state index in [0.29, 0.717) is 12.5 Å². The Morgan fingerprint density at radius 1 is 1.32 bits per heavy atom. The third kappa shape index (κ3) is 4.22. The van der Waals surface area contributed by atoms with Crippen LogP contribution in [0.1, 0.15) is 43.7 Å². The summed E-state index contributed by atoms with van der Waals surface area (Å²) in [4.78, 5) is 0. The maximum atomic E-state index is 9.33. The number of aryl methyl sites for hydroxylation is 1. The monoisotopic (exact) mass is 265 g/mol. The van der Waals surface area contributed by atoms with Crippen LogP contribution in [-0.4, -0.2) is 25.4 Å². The standard InChI is InChI=1S/C16H27NO2/c1-4-12-6-7-16(19-3)15(9-12)14(5-2)8-13(10-17)11-18/h6-7,9,13-14,18H,4-5,8,10-11,17H2,1-3H3. The van der Waals surface area contributed by atoms with Crippen LogP contribution in [0.25, 0.3) is 0 Å². The van der Waals surface area contributed by atoms with E-state index in [1.165, 1.54) is 11.1 Å². The van der Waals surface area contributed by atoms with Crippen molar-refractivity contribution in [3.8, 4) is 5.75 Å². The van der Waals surface area contributed by atoms with Crippen molar-refractivity contribution >= 4 is 0 Å². The van der Waals surface area contributed by atoms with E-state index in [4.69, 9.17) is 10.5 Å². The molecule has 0 aliphatic carbocycles. The second-order valence-electron chi connectivity index (χ2n) is 5.06. The molecule has 0 fully saturated rings. The fraction of sp³-hybridized carbons (Fsp3) is 0.625. The van der Waals surface area contributed by atoms with Crippen molar-refractivity contribution in [1.29, 1.82) is 0 Å². The SMILES string of the molecule is CCc1ccc(OC)c(C(CC)CC(CN)CO)c1. The van der Waals surface area contributed by atoms with Gasteiger partial charge in [-0.25, -0.2) is 0 Å². The molecule has 0 radical (unpaired) electrons. The lowest BCUT2D eigenvalue weighted by Gasteiger charge is -2.23. The summed E-state index contributed by atoms with van der Waals surface area (Å²) in [5.41, 5.74) is 8.27. The smallest absolute Gasteiger partial charge is 0.122 e. The van der Waals surface area contributed by atoms with E-state index in [9.17, 15) is 5.11 Å². The summed E-state index contributed by atoms with van der Waals surface area (Å²) < 4.78 is 5.48. The molecule has 1 rings (SSSR count). The first-order valence-corrected chi connectivity index (χ1v) is 7.17. The molecule has 0 aromatic heterocycles. The van der Waals surface area contributed by atoms with Gasteiger partial charge in [0.25, 0.3) is 0 Å². The number of nitrogens with two attached hydrogens (primary N) is 1. The molecule has 0 spiro atoms. The highest BCUT2D eigenvalue weighted by Crippen LogP contribution is 2.34. The largest absolute Gasteiger partial charge is 0.496 e. The highest BCUT2D eigenvalue weighted by molar-refractivity contribution is 5.40. The van der Waals surface area contributed by atoms with Gasteiger partial charge in [0.2, 0.25) is 0 Å². The number of ether oxygens (including phenoxy) is 1. The third-order valence-electron chi connectivity index (χ3n) is 3.84. The van der Waals surface area contributed by atoms with Gasteiger partial charge in [0.1, 0.15) is 5.75 Å². The normalized spacial score (nSPS) is 14.2. The van der Waals surface area contributed by atoms with E-state index >= 15 is 0 Å². The van der Waals surface area contributed by atoms with E-state index in [1.54, 1.807) is 7.11 Å². The minimum Gasteiger partial charge on any atom is -0.496 e. The van der Waals surface area contributed by atoms with Crippen molar-refractivity contribution < 1.29 is 9.84 Å². The lowest BCUT2D eigenvalue weighted by molar-refractivity contribution is 0.214. The number of rotatable bonds is 8. The highest BCUT2D eigenvalue weighted by Gasteiger charge is 2.19. The molecule has 0 aliphatic heterocycles. The van der Waals surface area contributed by atoms with Gasteiger partial charge >= 0.3 is 0 Å². The summed E-state index contributed by atoms with van der Waals surface area (Å²) in [5.74, 6) is 1.50. The predicted molar refractivity (Wildman–Crippen MR) is 79.7 cm³/mol. The van der Waals surface area contributed by atoms with Crippen LogP contribution in [-0.2, 0) is 6.42 Å². The number of aliphatic hydroxyl groups excluding tert-OH is 1. The van der Waals surface area contributed by atoms with Gasteiger partial charge in [-0.1, -0.05) is 26.0 Å². The van der Waals surface area contributed by atoms with Crippen LogP contribution < -0.4 is 10.5 Å². The molecule has 2 unspecified atom stereocenters. The fourth-order valence-corrected chi connectivity index (χ4v) is 2.48. The van der Waals surface area contributed by atoms with Crippen molar-refractivity contribution in [3.05, 3.63) is 29.3 Å². The van der Waals surface area contributed by atoms with Gasteiger partial charge in [-0.05, 0) is 54.8 Å². The molecular weight excluding hydrogens is 238 g/mol. The van der Waals surface area contributed by atoms with Gasteiger partial charge in [-0.15, -0.1) is 0 Å². The van der Waals surface area contributed by atoms with Crippen LogP contribution in [0.4, 0.5) is 0 Å². The zero-order chi connectivity index (χ0) is 14.3. The van der Waals surface area contributed by atoms with Gasteiger partial charge < -0.3 is 15.6 Å². The van der Waals surface area contributed by atoms with Crippen LogP contribution in [0.3, 0.4) is 0 Å². The van der Waals surface area contributed by atoms with Crippen LogP contribution in [0.2, 0.25) is 0 Å². The summed E-state index contributed by atoms with van der Waals surface area (Å²) in [6.45, 7) is 5.02. The molecule has 2 atom stereocenters. The lowest BCUT2D eigenvalue weighted by atomic mass is 9.85. The summed E-state index contributed by atoms with van der Waals surface area (Å²) in [6.07, 6.45) is 2.96. The molecule has 0 amide bonds. The molecule has 0 aliphatic rings. The second kappa shape index (κ2) is 8.18. The number of hydrogen-bond donors (Lipinski definition) is 2. The van der Waals surface area contributed by atoms with Gasteiger partial charge in [-0.2, -0.15) is 0 Å². The molecule has 0 saturated heterocycles. The van der Waals surface area contributed by atoms with E-state index < -0.39 is 0 Å². The molecule has 3 heteroatoms. The Bertz CT molecular complexity index is 375. The molecular formula is C16H27NO2. The predicted octanol–water partition coefficient (Wildman–Crippen LogP) is 2.71. The average Bonchev–Trinajstić information content (AvgIpc) is 2.48. The molecule has 3 N–H and O–H groups in total. The van der Waals surface area contributed by atoms with Crippen LogP contribution in [0.5, 0.6) is 5.75 Å². The van der Waals surface area contributed by atoms with E-state index in [2.05, 4.69) is 26.0 Å². The van der Waals surface area contributed by atoms with Gasteiger partial charge in [0.05, 0.1) is 7.11 Å². The Kier molecular flexibility index (Phi) is 6.89. The molecule has 108 valence electrons. The Hall–Kier alpha value is -1.06. The Balaban J connectivity index is 3.01. The maximum Gasteiger partial charge on any atom is 0.122 e. The van der Waals surface area contributed by atoms with Crippen LogP contribution in [0.15, 0.2) is 18.2 Å². The molecule has 1 aromatic carbocycles. The summed E-state index contributed by atoms with van der Waals surface area (Å²) in [6, 6.07) is 6.40. The van der Waals surface area contributed by atoms with Gasteiger partial charge in [-0.3, -0.25) is 0 Å². The summed E-state index contributed by atoms with van der Waals surface area (Å²) >= 11 is 0. The third-order valence-corrected chi connectivity index (χ3v) is 3.84. The first kappa shape index (κ1) is 16.0. The minimum absolute atomic E-state index is 0.156. The van der Waals surface area contributed by atoms with Crippen LogP contribution in [0, 0.1) is 5.92 Å². The first-order chi connectivity index (χ1) is 9.19. The molecule has 0 saturated carbocycles. The van der Waals surface area contributed by atoms with Crippen molar-refractivity contribution in [1.82, 2.24) is 0 Å². The Morgan fingerprint density at radius 3 is 2.53 bits per heavy atom. The Morgan fingerprint density at radius 2 is 2.05 bits per heavy atom. The molecule has 0 heterocycles. The zero-order valence-corrected chi connectivity index (χ0v) is 12.4. The number of hydrogen-bond acceptors (Lipinski definition) is 3. The molecule has 19 heavy (non-hydrogen) atoms. The quantitative estimate of drug-likeness (QED) is 0.760. The maximum absolute atomic E-state index is 9.33. The minimum atomic E-state index is 0.156. The fourth-order valence-electron chi connectivity index (χ4n) is 2.48. The van der Waals surface area contributed by atoms with Crippen molar-refractivity contribution in [2.45, 2.75) is 39.0 Å². The first-order valence-electron chi connectivity index (χ1n) is 7.17. The topological polar surface area (TPSA) is 55.5 Å². The van der Waals surface area contributed by atoms with E-state index in [1.807, 2.05) is 6.07 Å².